The first-order valence-corrected chi connectivity index (χ1v) is 14.4. The van der Waals surface area contributed by atoms with E-state index in [1.165, 1.54) is 34.6 Å². The van der Waals surface area contributed by atoms with E-state index in [1.807, 2.05) is 0 Å². The molecule has 4 rings (SSSR count). The molecule has 196 valence electrons. The van der Waals surface area contributed by atoms with E-state index in [9.17, 15) is 34.8 Å². The Morgan fingerprint density at radius 2 is 1.56 bits per heavy atom. The van der Waals surface area contributed by atoms with Crippen molar-refractivity contribution in [3.63, 3.8) is 0 Å². The second-order valence-corrected chi connectivity index (χ2v) is 12.5. The summed E-state index contributed by atoms with van der Waals surface area (Å²) in [5, 5.41) is 2.55. The fraction of sp³-hybridized carbons (Fsp3) is 0.435. The van der Waals surface area contributed by atoms with Gasteiger partial charge in [0, 0.05) is 25.3 Å². The number of halogens is 3. The summed E-state index contributed by atoms with van der Waals surface area (Å²) >= 11 is 0. The Morgan fingerprint density at radius 1 is 0.861 bits per heavy atom. The highest BCUT2D eigenvalue weighted by atomic mass is 32.2. The molecule has 1 N–H and O–H groups in total. The molecular formula is C23H26F3N3O5S2. The number of benzene rings is 2. The van der Waals surface area contributed by atoms with Gasteiger partial charge < -0.3 is 5.32 Å². The summed E-state index contributed by atoms with van der Waals surface area (Å²) < 4.78 is 94.9. The molecule has 0 saturated carbocycles. The first-order valence-electron chi connectivity index (χ1n) is 11.5. The van der Waals surface area contributed by atoms with E-state index >= 15 is 0 Å². The predicted octanol–water partition coefficient (Wildman–Crippen LogP) is 3.67. The number of hydrogen-bond acceptors (Lipinski definition) is 5. The summed E-state index contributed by atoms with van der Waals surface area (Å²) in [6.07, 6.45) is -2.00. The average molecular weight is 546 g/mol. The Bertz CT molecular complexity index is 1340. The number of rotatable bonds is 6. The van der Waals surface area contributed by atoms with Crippen molar-refractivity contribution >= 4 is 31.6 Å². The fourth-order valence-corrected chi connectivity index (χ4v) is 7.99. The summed E-state index contributed by atoms with van der Waals surface area (Å²) in [5.41, 5.74) is -1.15. The zero-order valence-corrected chi connectivity index (χ0v) is 20.9. The number of nitrogens with one attached hydrogen (secondary N) is 1. The lowest BCUT2D eigenvalue weighted by atomic mass is 10.2. The second kappa shape index (κ2) is 10.1. The Hall–Kier alpha value is -2.48. The Labute approximate surface area is 208 Å². The van der Waals surface area contributed by atoms with Crippen LogP contribution in [0.1, 0.15) is 37.7 Å². The monoisotopic (exact) mass is 545 g/mol. The quantitative estimate of drug-likeness (QED) is 0.597. The Kier molecular flexibility index (Phi) is 7.47. The van der Waals surface area contributed by atoms with Gasteiger partial charge in [-0.25, -0.2) is 16.8 Å². The van der Waals surface area contributed by atoms with Crippen LogP contribution in [-0.4, -0.2) is 57.0 Å². The number of carbonyl (C=O) groups is 1. The third kappa shape index (κ3) is 5.29. The summed E-state index contributed by atoms with van der Waals surface area (Å²) in [7, 11) is -8.39. The highest BCUT2D eigenvalue weighted by Gasteiger charge is 2.44. The van der Waals surface area contributed by atoms with Crippen molar-refractivity contribution in [1.29, 1.82) is 0 Å². The fourth-order valence-electron chi connectivity index (χ4n) is 4.56. The lowest BCUT2D eigenvalue weighted by Crippen LogP contribution is -2.43. The molecule has 2 aliphatic heterocycles. The van der Waals surface area contributed by atoms with E-state index in [-0.39, 0.29) is 30.0 Å². The molecule has 1 atom stereocenters. The van der Waals surface area contributed by atoms with E-state index in [0.29, 0.717) is 19.2 Å². The molecule has 2 aromatic carbocycles. The van der Waals surface area contributed by atoms with Crippen LogP contribution in [0.15, 0.2) is 58.3 Å². The van der Waals surface area contributed by atoms with E-state index < -0.39 is 48.6 Å². The molecule has 1 amide bonds. The molecule has 2 saturated heterocycles. The van der Waals surface area contributed by atoms with Crippen molar-refractivity contribution in [1.82, 2.24) is 8.61 Å². The summed E-state index contributed by atoms with van der Waals surface area (Å²) in [4.78, 5) is 12.1. The lowest BCUT2D eigenvalue weighted by Gasteiger charge is -2.26. The van der Waals surface area contributed by atoms with Gasteiger partial charge in [0.05, 0.1) is 15.4 Å². The highest BCUT2D eigenvalue weighted by Crippen LogP contribution is 2.37. The van der Waals surface area contributed by atoms with Crippen LogP contribution in [0.4, 0.5) is 18.9 Å². The van der Waals surface area contributed by atoms with Gasteiger partial charge in [-0.1, -0.05) is 24.6 Å². The van der Waals surface area contributed by atoms with Gasteiger partial charge in [0.1, 0.15) is 6.04 Å². The largest absolute Gasteiger partial charge is 0.417 e. The molecule has 0 aromatic heterocycles. The van der Waals surface area contributed by atoms with Crippen LogP contribution >= 0.6 is 0 Å². The molecule has 2 aliphatic rings. The average Bonchev–Trinajstić information content (AvgIpc) is 3.36. The third-order valence-electron chi connectivity index (χ3n) is 6.34. The van der Waals surface area contributed by atoms with Crippen molar-refractivity contribution in [3.05, 3.63) is 54.1 Å². The molecular weight excluding hydrogens is 519 g/mol. The molecule has 2 fully saturated rings. The number of anilines is 1. The Balaban J connectivity index is 1.56. The van der Waals surface area contributed by atoms with Crippen LogP contribution in [-0.2, 0) is 31.0 Å². The van der Waals surface area contributed by atoms with Gasteiger partial charge in [0.25, 0.3) is 0 Å². The standard InChI is InChI=1S/C23H26F3N3O5S2/c24-23(25,26)19-10-2-3-12-21(19)36(33,34)29-15-7-11-20(29)22(30)27-17-8-6-9-18(16-17)35(31,32)28-13-4-1-5-14-28/h2-3,6,8-10,12,16,20H,1,4-5,7,11,13-15H2,(H,27,30)/t20-/m0/s1. The van der Waals surface area contributed by atoms with Gasteiger partial charge in [0.2, 0.25) is 26.0 Å². The maximum absolute atomic E-state index is 13.5. The van der Waals surface area contributed by atoms with E-state index in [2.05, 4.69) is 5.32 Å². The van der Waals surface area contributed by atoms with Gasteiger partial charge in [-0.05, 0) is 56.0 Å². The second-order valence-electron chi connectivity index (χ2n) is 8.75. The predicted molar refractivity (Wildman–Crippen MR) is 126 cm³/mol. The van der Waals surface area contributed by atoms with Crippen LogP contribution < -0.4 is 5.32 Å². The molecule has 8 nitrogen and oxygen atoms in total. The number of nitrogens with zero attached hydrogens (tertiary/aromatic N) is 2. The zero-order chi connectivity index (χ0) is 26.1. The van der Waals surface area contributed by atoms with Crippen molar-refractivity contribution in [2.45, 2.75) is 54.1 Å². The van der Waals surface area contributed by atoms with Gasteiger partial charge in [-0.15, -0.1) is 0 Å². The molecule has 2 heterocycles. The minimum absolute atomic E-state index is 0.00259. The number of amides is 1. The van der Waals surface area contributed by atoms with E-state index in [1.54, 1.807) is 0 Å². The highest BCUT2D eigenvalue weighted by molar-refractivity contribution is 7.89. The molecule has 0 spiro atoms. The normalized spacial score (nSPS) is 20.4. The molecule has 2 aromatic rings. The minimum Gasteiger partial charge on any atom is -0.325 e. The van der Waals surface area contributed by atoms with Crippen molar-refractivity contribution in [2.75, 3.05) is 25.0 Å². The Morgan fingerprint density at radius 3 is 2.25 bits per heavy atom. The van der Waals surface area contributed by atoms with Gasteiger partial charge in [-0.3, -0.25) is 4.79 Å². The van der Waals surface area contributed by atoms with Crippen LogP contribution in [0, 0.1) is 0 Å². The smallest absolute Gasteiger partial charge is 0.325 e. The van der Waals surface area contributed by atoms with Crippen molar-refractivity contribution in [3.8, 4) is 0 Å². The third-order valence-corrected chi connectivity index (χ3v) is 10.2. The molecule has 0 unspecified atom stereocenters. The number of carbonyl (C=O) groups excluding carboxylic acids is 1. The minimum atomic E-state index is -4.89. The number of sulfonamides is 2. The molecule has 0 bridgehead atoms. The van der Waals surface area contributed by atoms with Gasteiger partial charge in [-0.2, -0.15) is 21.8 Å². The lowest BCUT2D eigenvalue weighted by molar-refractivity contribution is -0.139. The van der Waals surface area contributed by atoms with Crippen LogP contribution in [0.3, 0.4) is 0 Å². The first kappa shape index (κ1) is 26.6. The van der Waals surface area contributed by atoms with Gasteiger partial charge >= 0.3 is 6.18 Å². The number of piperidine rings is 1. The zero-order valence-electron chi connectivity index (χ0n) is 19.2. The summed E-state index contributed by atoms with van der Waals surface area (Å²) in [6.45, 7) is 0.705. The number of hydrogen-bond donors (Lipinski definition) is 1. The molecule has 13 heteroatoms. The van der Waals surface area contributed by atoms with E-state index in [4.69, 9.17) is 0 Å². The summed E-state index contributed by atoms with van der Waals surface area (Å²) in [6, 6.07) is 8.28. The summed E-state index contributed by atoms with van der Waals surface area (Å²) in [5.74, 6) is -0.743. The van der Waals surface area contributed by atoms with Crippen LogP contribution in [0.5, 0.6) is 0 Å². The number of alkyl halides is 3. The van der Waals surface area contributed by atoms with Crippen LogP contribution in [0.25, 0.3) is 0 Å². The first-order chi connectivity index (χ1) is 16.9. The van der Waals surface area contributed by atoms with Crippen molar-refractivity contribution in [2.24, 2.45) is 0 Å². The maximum Gasteiger partial charge on any atom is 0.417 e. The topological polar surface area (TPSA) is 104 Å². The van der Waals surface area contributed by atoms with Crippen molar-refractivity contribution < 1.29 is 34.8 Å². The van der Waals surface area contributed by atoms with Crippen LogP contribution in [0.2, 0.25) is 0 Å². The SMILES string of the molecule is O=C(Nc1cccc(S(=O)(=O)N2CCCCC2)c1)[C@@H]1CCCN1S(=O)(=O)c1ccccc1C(F)(F)F. The molecule has 0 aliphatic carbocycles. The molecule has 0 radical (unpaired) electrons. The van der Waals surface area contributed by atoms with Gasteiger partial charge in [0.15, 0.2) is 0 Å². The maximum atomic E-state index is 13.5. The van der Waals surface area contributed by atoms with E-state index in [0.717, 1.165) is 35.7 Å². The molecule has 36 heavy (non-hydrogen) atoms.